The first-order valence-corrected chi connectivity index (χ1v) is 10.5. The molecule has 144 valence electrons. The lowest BCUT2D eigenvalue weighted by Crippen LogP contribution is -3.13. The first-order valence-electron chi connectivity index (χ1n) is 8.64. The minimum Gasteiger partial charge on any atom is -0.507 e. The Labute approximate surface area is 162 Å². The van der Waals surface area contributed by atoms with E-state index in [-0.39, 0.29) is 17.4 Å². The van der Waals surface area contributed by atoms with Gasteiger partial charge >= 0.3 is 0 Å². The van der Waals surface area contributed by atoms with Crippen molar-refractivity contribution >= 4 is 21.6 Å². The average Bonchev–Trinajstić information content (AvgIpc) is 3.10. The lowest BCUT2D eigenvalue weighted by atomic mass is 10.1. The number of phenolic OH excluding ortho intramolecular Hbond substituents is 1. The molecule has 27 heavy (non-hydrogen) atoms. The lowest BCUT2D eigenvalue weighted by Gasteiger charge is -2.31. The van der Waals surface area contributed by atoms with Crippen LogP contribution in [-0.4, -0.2) is 50.8 Å². The zero-order valence-electron chi connectivity index (χ0n) is 14.5. The molecule has 1 fully saturated rings. The van der Waals surface area contributed by atoms with E-state index < -0.39 is 10.0 Å². The van der Waals surface area contributed by atoms with Crippen molar-refractivity contribution < 1.29 is 27.9 Å². The van der Waals surface area contributed by atoms with Gasteiger partial charge in [0.25, 0.3) is 0 Å². The number of sulfonamides is 1. The normalized spacial score (nSPS) is 18.0. The highest BCUT2D eigenvalue weighted by atomic mass is 35.5. The highest BCUT2D eigenvalue weighted by Crippen LogP contribution is 2.37. The predicted octanol–water partition coefficient (Wildman–Crippen LogP) is 0.864. The topological polar surface area (TPSA) is 80.5 Å². The molecule has 2 aromatic rings. The Bertz CT molecular complexity index is 941. The maximum atomic E-state index is 12.7. The van der Waals surface area contributed by atoms with Crippen LogP contribution in [0.3, 0.4) is 0 Å². The summed E-state index contributed by atoms with van der Waals surface area (Å²) in [5.74, 6) is 1.35. The number of hydrogen-bond donors (Lipinski definition) is 2. The molecule has 1 saturated heterocycles. The maximum absolute atomic E-state index is 12.7. The Balaban J connectivity index is 1.41. The van der Waals surface area contributed by atoms with Crippen molar-refractivity contribution in [3.8, 4) is 17.2 Å². The first kappa shape index (κ1) is 18.4. The molecule has 2 aromatic carbocycles. The number of quaternary nitrogens is 1. The maximum Gasteiger partial charge on any atom is 0.243 e. The highest BCUT2D eigenvalue weighted by Gasteiger charge is 2.31. The van der Waals surface area contributed by atoms with Crippen LogP contribution in [0.2, 0.25) is 5.02 Å². The third-order valence-electron chi connectivity index (χ3n) is 4.90. The van der Waals surface area contributed by atoms with Crippen LogP contribution in [0.4, 0.5) is 0 Å². The van der Waals surface area contributed by atoms with Gasteiger partial charge in [0, 0.05) is 11.1 Å². The molecule has 2 N–H and O–H groups in total. The minimum absolute atomic E-state index is 0.159. The number of rotatable bonds is 4. The number of fused-ring (bicyclic) bond motifs is 1. The van der Waals surface area contributed by atoms with Gasteiger partial charge in [0.15, 0.2) is 11.5 Å². The molecule has 0 atom stereocenters. The number of phenols is 1. The summed E-state index contributed by atoms with van der Waals surface area (Å²) in [6.07, 6.45) is 0. The van der Waals surface area contributed by atoms with Crippen LogP contribution in [0, 0.1) is 0 Å². The first-order chi connectivity index (χ1) is 12.9. The van der Waals surface area contributed by atoms with Crippen LogP contribution in [-0.2, 0) is 16.6 Å². The summed E-state index contributed by atoms with van der Waals surface area (Å²) in [7, 11) is -3.52. The zero-order chi connectivity index (χ0) is 19.0. The number of halogens is 1. The second kappa shape index (κ2) is 7.20. The molecule has 9 heteroatoms. The fourth-order valence-electron chi connectivity index (χ4n) is 3.36. The summed E-state index contributed by atoms with van der Waals surface area (Å²) in [6.45, 7) is 2.90. The molecule has 0 unspecified atom stereocenters. The summed E-state index contributed by atoms with van der Waals surface area (Å²) in [4.78, 5) is 1.45. The van der Waals surface area contributed by atoms with Crippen molar-refractivity contribution in [2.24, 2.45) is 0 Å². The average molecular weight is 412 g/mol. The molecule has 0 aromatic heterocycles. The smallest absolute Gasteiger partial charge is 0.243 e. The quantitative estimate of drug-likeness (QED) is 0.780. The van der Waals surface area contributed by atoms with E-state index in [0.717, 1.165) is 5.56 Å². The second-order valence-electron chi connectivity index (χ2n) is 6.62. The van der Waals surface area contributed by atoms with Gasteiger partial charge in [0.2, 0.25) is 16.8 Å². The van der Waals surface area contributed by atoms with E-state index in [1.54, 1.807) is 24.3 Å². The number of nitrogens with one attached hydrogen (secondary N) is 1. The van der Waals surface area contributed by atoms with Crippen LogP contribution in [0.5, 0.6) is 17.2 Å². The number of aromatic hydroxyl groups is 1. The van der Waals surface area contributed by atoms with E-state index in [9.17, 15) is 13.5 Å². The number of ether oxygens (including phenoxy) is 2. The zero-order valence-corrected chi connectivity index (χ0v) is 16.1. The lowest BCUT2D eigenvalue weighted by molar-refractivity contribution is -0.917. The Morgan fingerprint density at radius 1 is 1.07 bits per heavy atom. The van der Waals surface area contributed by atoms with Crippen molar-refractivity contribution in [1.29, 1.82) is 0 Å². The van der Waals surface area contributed by atoms with E-state index >= 15 is 0 Å². The van der Waals surface area contributed by atoms with Gasteiger partial charge in [-0.2, -0.15) is 4.31 Å². The number of piperazine rings is 1. The summed E-state index contributed by atoms with van der Waals surface area (Å²) in [6, 6.07) is 9.58. The summed E-state index contributed by atoms with van der Waals surface area (Å²) < 4.78 is 37.6. The molecule has 2 aliphatic heterocycles. The molecule has 0 saturated carbocycles. The molecular weight excluding hydrogens is 392 g/mol. The Morgan fingerprint density at radius 3 is 2.37 bits per heavy atom. The van der Waals surface area contributed by atoms with Crippen molar-refractivity contribution in [1.82, 2.24) is 4.31 Å². The molecule has 4 rings (SSSR count). The summed E-state index contributed by atoms with van der Waals surface area (Å²) in [5.41, 5.74) is 0.767. The Hall–Kier alpha value is -2.00. The van der Waals surface area contributed by atoms with Crippen LogP contribution >= 0.6 is 11.6 Å². The van der Waals surface area contributed by atoms with Crippen LogP contribution in [0.25, 0.3) is 0 Å². The summed E-state index contributed by atoms with van der Waals surface area (Å²) >= 11 is 5.84. The predicted molar refractivity (Wildman–Crippen MR) is 98.8 cm³/mol. The fraction of sp³-hybridized carbons (Fsp3) is 0.333. The number of hydrogen-bond acceptors (Lipinski definition) is 5. The van der Waals surface area contributed by atoms with Gasteiger partial charge in [-0.05, 0) is 30.3 Å². The molecular formula is C18H20ClN2O5S+. The van der Waals surface area contributed by atoms with Gasteiger partial charge in [-0.25, -0.2) is 8.42 Å². The van der Waals surface area contributed by atoms with Crippen molar-refractivity contribution in [3.05, 3.63) is 47.0 Å². The molecule has 0 radical (unpaired) electrons. The van der Waals surface area contributed by atoms with Gasteiger partial charge < -0.3 is 19.5 Å². The van der Waals surface area contributed by atoms with E-state index in [1.165, 1.54) is 21.3 Å². The van der Waals surface area contributed by atoms with E-state index in [4.69, 9.17) is 21.1 Å². The van der Waals surface area contributed by atoms with Gasteiger partial charge in [0.05, 0.1) is 36.6 Å². The van der Waals surface area contributed by atoms with E-state index in [2.05, 4.69) is 0 Å². The second-order valence-corrected chi connectivity index (χ2v) is 8.99. The Kier molecular flexibility index (Phi) is 4.90. The van der Waals surface area contributed by atoms with Gasteiger partial charge in [0.1, 0.15) is 12.3 Å². The van der Waals surface area contributed by atoms with Crippen molar-refractivity contribution in [2.45, 2.75) is 11.4 Å². The van der Waals surface area contributed by atoms with Gasteiger partial charge in [-0.1, -0.05) is 11.6 Å². The fourth-order valence-corrected chi connectivity index (χ4v) is 4.93. The molecule has 7 nitrogen and oxygen atoms in total. The van der Waals surface area contributed by atoms with Crippen LogP contribution < -0.4 is 14.4 Å². The molecule has 2 heterocycles. The molecule has 0 bridgehead atoms. The van der Waals surface area contributed by atoms with Gasteiger partial charge in [-0.15, -0.1) is 0 Å². The highest BCUT2D eigenvalue weighted by molar-refractivity contribution is 7.89. The molecule has 0 aliphatic carbocycles. The van der Waals surface area contributed by atoms with Crippen molar-refractivity contribution in [3.63, 3.8) is 0 Å². The monoisotopic (exact) mass is 411 g/mol. The largest absolute Gasteiger partial charge is 0.507 e. The number of benzene rings is 2. The molecule has 2 aliphatic rings. The number of nitrogens with zero attached hydrogens (tertiary/aromatic N) is 1. The van der Waals surface area contributed by atoms with Gasteiger partial charge in [-0.3, -0.25) is 0 Å². The SMILES string of the molecule is O=S(=O)(c1ccc(Cl)cc1)N1CC[NH+](Cc2cc3c(cc2O)OCO3)CC1. The third-order valence-corrected chi connectivity index (χ3v) is 7.06. The Morgan fingerprint density at radius 2 is 1.70 bits per heavy atom. The van der Waals surface area contributed by atoms with E-state index in [1.807, 2.05) is 0 Å². The molecule has 0 spiro atoms. The summed E-state index contributed by atoms with van der Waals surface area (Å²) in [5, 5.41) is 10.7. The van der Waals surface area contributed by atoms with Crippen LogP contribution in [0.15, 0.2) is 41.3 Å². The standard InChI is InChI=1S/C18H19ClN2O5S/c19-14-1-3-15(4-2-14)27(23,24)21-7-5-20(6-8-21)11-13-9-17-18(10-16(13)22)26-12-25-17/h1-4,9-10,22H,5-8,11-12H2/p+1. The minimum atomic E-state index is -3.52. The van der Waals surface area contributed by atoms with Crippen molar-refractivity contribution in [2.75, 3.05) is 33.0 Å². The molecule has 0 amide bonds. The third kappa shape index (κ3) is 3.70. The van der Waals surface area contributed by atoms with E-state index in [0.29, 0.717) is 49.2 Å². The van der Waals surface area contributed by atoms with Crippen LogP contribution in [0.1, 0.15) is 5.56 Å².